The Morgan fingerprint density at radius 2 is 1.58 bits per heavy atom. The minimum Gasteiger partial charge on any atom is -0.494 e. The molecule has 0 radical (unpaired) electrons. The van der Waals surface area contributed by atoms with Crippen LogP contribution in [0.4, 0.5) is 0 Å². The molecule has 232 valence electrons. The first-order valence-electron chi connectivity index (χ1n) is 14.7. The molecule has 0 spiro atoms. The quantitative estimate of drug-likeness (QED) is 0.217. The average molecular weight is 627 g/mol. The predicted octanol–water partition coefficient (Wildman–Crippen LogP) is 4.95. The molecule has 0 saturated heterocycles. The lowest BCUT2D eigenvalue weighted by Crippen LogP contribution is -2.39. The van der Waals surface area contributed by atoms with Crippen LogP contribution >= 0.6 is 11.3 Å². The highest BCUT2D eigenvalue weighted by atomic mass is 32.1. The first-order chi connectivity index (χ1) is 21.8. The van der Waals surface area contributed by atoms with Crippen LogP contribution < -0.4 is 24.4 Å². The fourth-order valence-corrected chi connectivity index (χ4v) is 6.03. The Labute approximate surface area is 264 Å². The van der Waals surface area contributed by atoms with Crippen molar-refractivity contribution in [2.45, 2.75) is 40.3 Å². The summed E-state index contributed by atoms with van der Waals surface area (Å²) in [5, 5.41) is 0. The Morgan fingerprint density at radius 1 is 0.867 bits per heavy atom. The third-order valence-corrected chi connectivity index (χ3v) is 8.03. The summed E-state index contributed by atoms with van der Waals surface area (Å²) < 4.78 is 24.1. The van der Waals surface area contributed by atoms with Gasteiger partial charge in [-0.25, -0.2) is 14.6 Å². The topological polar surface area (TPSA) is 105 Å². The van der Waals surface area contributed by atoms with Gasteiger partial charge in [0.15, 0.2) is 4.80 Å². The monoisotopic (exact) mass is 626 g/mol. The number of ether oxygens (including phenoxy) is 4. The van der Waals surface area contributed by atoms with Crippen molar-refractivity contribution in [2.75, 3.05) is 19.8 Å². The lowest BCUT2D eigenvalue weighted by Gasteiger charge is -2.24. The molecule has 0 aliphatic carbocycles. The number of benzene rings is 3. The Morgan fingerprint density at radius 3 is 2.27 bits per heavy atom. The van der Waals surface area contributed by atoms with Gasteiger partial charge in [0, 0.05) is 0 Å². The van der Waals surface area contributed by atoms with Crippen LogP contribution in [0.3, 0.4) is 0 Å². The van der Waals surface area contributed by atoms with Crippen molar-refractivity contribution in [3.63, 3.8) is 0 Å². The SMILES string of the molecule is CCOC(=O)C1=C(C)N=c2s/c(=C\c3cccc(OCc4ccc(C(=O)OCC)cc4)c3)c(=O)n2[C@@H]1c1ccc(OCC)cc1. The predicted molar refractivity (Wildman–Crippen MR) is 171 cm³/mol. The molecule has 1 aromatic heterocycles. The minimum absolute atomic E-state index is 0.202. The van der Waals surface area contributed by atoms with Crippen molar-refractivity contribution < 1.29 is 28.5 Å². The number of esters is 2. The molecule has 45 heavy (non-hydrogen) atoms. The molecule has 1 aliphatic rings. The van der Waals surface area contributed by atoms with Crippen molar-refractivity contribution in [3.05, 3.63) is 126 Å². The first-order valence-corrected chi connectivity index (χ1v) is 15.6. The van der Waals surface area contributed by atoms with Crippen LogP contribution in [0.1, 0.15) is 60.8 Å². The number of aromatic nitrogens is 1. The van der Waals surface area contributed by atoms with Crippen LogP contribution in [-0.2, 0) is 20.9 Å². The molecule has 0 amide bonds. The largest absolute Gasteiger partial charge is 0.494 e. The highest BCUT2D eigenvalue weighted by Crippen LogP contribution is 2.31. The normalized spacial score (nSPS) is 14.4. The first kappa shape index (κ1) is 31.5. The van der Waals surface area contributed by atoms with Gasteiger partial charge in [-0.15, -0.1) is 0 Å². The molecule has 1 aliphatic heterocycles. The summed E-state index contributed by atoms with van der Waals surface area (Å²) in [6, 6.07) is 21.2. The number of nitrogens with zero attached hydrogens (tertiary/aromatic N) is 2. The van der Waals surface area contributed by atoms with Gasteiger partial charge in [0.25, 0.3) is 5.56 Å². The highest BCUT2D eigenvalue weighted by molar-refractivity contribution is 7.07. The molecule has 0 fully saturated rings. The van der Waals surface area contributed by atoms with Gasteiger partial charge < -0.3 is 18.9 Å². The fourth-order valence-electron chi connectivity index (χ4n) is 4.98. The molecular weight excluding hydrogens is 592 g/mol. The van der Waals surface area contributed by atoms with Gasteiger partial charge in [0.1, 0.15) is 18.1 Å². The third kappa shape index (κ3) is 7.07. The van der Waals surface area contributed by atoms with E-state index >= 15 is 0 Å². The van der Waals surface area contributed by atoms with Gasteiger partial charge in [0.05, 0.1) is 47.2 Å². The lowest BCUT2D eigenvalue weighted by atomic mass is 9.96. The maximum atomic E-state index is 13.9. The van der Waals surface area contributed by atoms with Gasteiger partial charge in [0.2, 0.25) is 0 Å². The second kappa shape index (κ2) is 14.2. The summed E-state index contributed by atoms with van der Waals surface area (Å²) in [5.74, 6) is 0.454. The molecule has 0 saturated carbocycles. The number of thiazole rings is 1. The van der Waals surface area contributed by atoms with Crippen LogP contribution in [0, 0.1) is 0 Å². The molecule has 0 N–H and O–H groups in total. The molecule has 0 unspecified atom stereocenters. The summed E-state index contributed by atoms with van der Waals surface area (Å²) in [5.41, 5.74) is 3.46. The number of rotatable bonds is 11. The summed E-state index contributed by atoms with van der Waals surface area (Å²) in [7, 11) is 0. The maximum absolute atomic E-state index is 13.9. The summed E-state index contributed by atoms with van der Waals surface area (Å²) in [6.45, 7) is 8.53. The van der Waals surface area contributed by atoms with Crippen molar-refractivity contribution >= 4 is 29.4 Å². The third-order valence-electron chi connectivity index (χ3n) is 7.05. The Kier molecular flexibility index (Phi) is 9.94. The van der Waals surface area contributed by atoms with Gasteiger partial charge in [-0.2, -0.15) is 0 Å². The van der Waals surface area contributed by atoms with E-state index < -0.39 is 12.0 Å². The minimum atomic E-state index is -0.706. The van der Waals surface area contributed by atoms with E-state index in [2.05, 4.69) is 4.99 Å². The van der Waals surface area contributed by atoms with Crippen molar-refractivity contribution in [1.29, 1.82) is 0 Å². The van der Waals surface area contributed by atoms with E-state index in [1.54, 1.807) is 43.5 Å². The molecule has 2 heterocycles. The Hall–Kier alpha value is -4.96. The van der Waals surface area contributed by atoms with Crippen LogP contribution in [-0.4, -0.2) is 36.3 Å². The standard InChI is InChI=1S/C35H34N2O7S/c1-5-41-27-17-15-25(16-18-27)31-30(34(40)43-7-3)22(4)36-35-37(31)32(38)29(45-35)20-24-9-8-10-28(19-24)44-21-23-11-13-26(14-12-23)33(39)42-6-2/h8-20,31H,5-7,21H2,1-4H3/b29-20-/t31-/m1/s1. The zero-order valence-electron chi connectivity index (χ0n) is 25.6. The number of carbonyl (C=O) groups is 2. The molecule has 9 nitrogen and oxygen atoms in total. The molecule has 3 aromatic carbocycles. The van der Waals surface area contributed by atoms with Crippen LogP contribution in [0.15, 0.2) is 93.9 Å². The molecule has 5 rings (SSSR count). The highest BCUT2D eigenvalue weighted by Gasteiger charge is 2.33. The smallest absolute Gasteiger partial charge is 0.338 e. The molecule has 4 aromatic rings. The molecule has 10 heteroatoms. The van der Waals surface area contributed by atoms with E-state index in [0.717, 1.165) is 16.7 Å². The van der Waals surface area contributed by atoms with Crippen molar-refractivity contribution in [1.82, 2.24) is 4.57 Å². The Balaban J connectivity index is 1.45. The zero-order valence-corrected chi connectivity index (χ0v) is 26.4. The molecule has 1 atom stereocenters. The molecule has 0 bridgehead atoms. The van der Waals surface area contributed by atoms with E-state index in [-0.39, 0.29) is 18.1 Å². The lowest BCUT2D eigenvalue weighted by molar-refractivity contribution is -0.139. The van der Waals surface area contributed by atoms with Gasteiger partial charge in [-0.3, -0.25) is 9.36 Å². The molecular formula is C35H34N2O7S. The zero-order chi connectivity index (χ0) is 31.9. The number of hydrogen-bond acceptors (Lipinski definition) is 9. The number of hydrogen-bond donors (Lipinski definition) is 0. The second-order valence-corrected chi connectivity index (χ2v) is 11.1. The average Bonchev–Trinajstić information content (AvgIpc) is 3.34. The number of carbonyl (C=O) groups excluding carboxylic acids is 2. The second-order valence-electron chi connectivity index (χ2n) is 10.1. The summed E-state index contributed by atoms with van der Waals surface area (Å²) in [4.78, 5) is 44.1. The van der Waals surface area contributed by atoms with Crippen LogP contribution in [0.25, 0.3) is 6.08 Å². The van der Waals surface area contributed by atoms with E-state index in [9.17, 15) is 14.4 Å². The van der Waals surface area contributed by atoms with Crippen LogP contribution in [0.5, 0.6) is 11.5 Å². The maximum Gasteiger partial charge on any atom is 0.338 e. The van der Waals surface area contributed by atoms with Gasteiger partial charge in [-0.05, 0) is 86.9 Å². The van der Waals surface area contributed by atoms with Crippen LogP contribution in [0.2, 0.25) is 0 Å². The van der Waals surface area contributed by atoms with E-state index in [1.165, 1.54) is 11.3 Å². The van der Waals surface area contributed by atoms with E-state index in [1.807, 2.05) is 67.6 Å². The van der Waals surface area contributed by atoms with E-state index in [4.69, 9.17) is 18.9 Å². The summed E-state index contributed by atoms with van der Waals surface area (Å²) >= 11 is 1.26. The van der Waals surface area contributed by atoms with Gasteiger partial charge >= 0.3 is 11.9 Å². The number of fused-ring (bicyclic) bond motifs is 1. The van der Waals surface area contributed by atoms with E-state index in [0.29, 0.717) is 57.5 Å². The van der Waals surface area contributed by atoms with Crippen molar-refractivity contribution in [2.24, 2.45) is 4.99 Å². The number of allylic oxidation sites excluding steroid dienone is 1. The van der Waals surface area contributed by atoms with Gasteiger partial charge in [-0.1, -0.05) is 47.7 Å². The Bertz CT molecular complexity index is 1900. The summed E-state index contributed by atoms with van der Waals surface area (Å²) in [6.07, 6.45) is 1.80. The van der Waals surface area contributed by atoms with Crippen molar-refractivity contribution in [3.8, 4) is 11.5 Å². The fraction of sp³-hybridized carbons (Fsp3) is 0.257.